The van der Waals surface area contributed by atoms with Gasteiger partial charge in [0.25, 0.3) is 0 Å². The van der Waals surface area contributed by atoms with Crippen molar-refractivity contribution >= 4 is 5.91 Å². The van der Waals surface area contributed by atoms with Gasteiger partial charge in [-0.15, -0.1) is 0 Å². The van der Waals surface area contributed by atoms with Crippen molar-refractivity contribution in [3.63, 3.8) is 0 Å². The molecule has 1 aliphatic heterocycles. The highest BCUT2D eigenvalue weighted by Crippen LogP contribution is 2.49. The highest BCUT2D eigenvalue weighted by molar-refractivity contribution is 5.88. The molecule has 0 bridgehead atoms. The Morgan fingerprint density at radius 2 is 2.19 bits per heavy atom. The Morgan fingerprint density at radius 1 is 1.41 bits per heavy atom. The van der Waals surface area contributed by atoms with Gasteiger partial charge >= 0.3 is 0 Å². The molecule has 27 heavy (non-hydrogen) atoms. The number of carbonyl (C=O) groups excluding carboxylic acids is 1. The fourth-order valence-electron chi connectivity index (χ4n) is 3.86. The summed E-state index contributed by atoms with van der Waals surface area (Å²) in [7, 11) is 0. The molecular formula is C21H32N2O4. The van der Waals surface area contributed by atoms with Crippen LogP contribution in [0, 0.1) is 12.3 Å². The lowest BCUT2D eigenvalue weighted by molar-refractivity contribution is -0.170. The number of hydrogen-bond acceptors (Lipinski definition) is 5. The van der Waals surface area contributed by atoms with Gasteiger partial charge in [-0.25, -0.2) is 0 Å². The highest BCUT2D eigenvalue weighted by Gasteiger charge is 2.62. The van der Waals surface area contributed by atoms with Crippen molar-refractivity contribution in [1.82, 2.24) is 5.32 Å². The zero-order chi connectivity index (χ0) is 19.7. The second kappa shape index (κ2) is 7.78. The van der Waals surface area contributed by atoms with Crippen LogP contribution >= 0.6 is 0 Å². The third kappa shape index (κ3) is 3.84. The van der Waals surface area contributed by atoms with Crippen molar-refractivity contribution in [2.45, 2.75) is 64.8 Å². The van der Waals surface area contributed by atoms with Crippen LogP contribution in [0.5, 0.6) is 5.75 Å². The van der Waals surface area contributed by atoms with E-state index in [4.69, 9.17) is 19.9 Å². The quantitative estimate of drug-likeness (QED) is 0.763. The maximum atomic E-state index is 12.9. The predicted molar refractivity (Wildman–Crippen MR) is 104 cm³/mol. The Morgan fingerprint density at radius 3 is 2.81 bits per heavy atom. The van der Waals surface area contributed by atoms with E-state index < -0.39 is 11.0 Å². The molecule has 3 atom stereocenters. The molecule has 0 aromatic heterocycles. The van der Waals surface area contributed by atoms with Gasteiger partial charge in [0.2, 0.25) is 5.91 Å². The third-order valence-corrected chi connectivity index (χ3v) is 6.08. The molecule has 6 heteroatoms. The summed E-state index contributed by atoms with van der Waals surface area (Å²) in [5.74, 6) is 0.663. The average molecular weight is 376 g/mol. The molecule has 3 unspecified atom stereocenters. The molecule has 2 aliphatic rings. The topological polar surface area (TPSA) is 82.8 Å². The van der Waals surface area contributed by atoms with Gasteiger partial charge in [0.05, 0.1) is 19.3 Å². The molecule has 3 N–H and O–H groups in total. The number of hydrogen-bond donors (Lipinski definition) is 2. The third-order valence-electron chi connectivity index (χ3n) is 6.08. The molecule has 0 spiro atoms. The van der Waals surface area contributed by atoms with E-state index in [2.05, 4.69) is 5.32 Å². The molecule has 0 radical (unpaired) electrons. The smallest absolute Gasteiger partial charge is 0.241 e. The Bertz CT molecular complexity index is 685. The van der Waals surface area contributed by atoms with Crippen LogP contribution < -0.4 is 15.8 Å². The van der Waals surface area contributed by atoms with E-state index >= 15 is 0 Å². The van der Waals surface area contributed by atoms with Crippen LogP contribution in [0.4, 0.5) is 0 Å². The minimum Gasteiger partial charge on any atom is -0.488 e. The van der Waals surface area contributed by atoms with Gasteiger partial charge in [0.15, 0.2) is 0 Å². The van der Waals surface area contributed by atoms with Crippen LogP contribution in [0.15, 0.2) is 18.2 Å². The van der Waals surface area contributed by atoms with Crippen LogP contribution in [0.3, 0.4) is 0 Å². The summed E-state index contributed by atoms with van der Waals surface area (Å²) < 4.78 is 17.2. The van der Waals surface area contributed by atoms with Gasteiger partial charge in [-0.05, 0) is 25.5 Å². The van der Waals surface area contributed by atoms with Gasteiger partial charge in [-0.2, -0.15) is 0 Å². The van der Waals surface area contributed by atoms with E-state index in [9.17, 15) is 4.79 Å². The number of nitrogens with one attached hydrogen (secondary N) is 1. The number of rotatable bonds is 7. The summed E-state index contributed by atoms with van der Waals surface area (Å²) in [4.78, 5) is 12.9. The van der Waals surface area contributed by atoms with Crippen molar-refractivity contribution in [3.8, 4) is 5.75 Å². The largest absolute Gasteiger partial charge is 0.488 e. The Balaban J connectivity index is 1.65. The first-order valence-electron chi connectivity index (χ1n) is 9.80. The van der Waals surface area contributed by atoms with E-state index in [1.54, 1.807) is 0 Å². The summed E-state index contributed by atoms with van der Waals surface area (Å²) in [6.07, 6.45) is 1.51. The monoisotopic (exact) mass is 376 g/mol. The Kier molecular flexibility index (Phi) is 5.79. The maximum absolute atomic E-state index is 12.9. The molecule has 3 rings (SSSR count). The van der Waals surface area contributed by atoms with Crippen LogP contribution in [-0.4, -0.2) is 43.5 Å². The second-order valence-electron chi connectivity index (χ2n) is 8.24. The number of aryl methyl sites for hydroxylation is 1. The zero-order valence-corrected chi connectivity index (χ0v) is 16.8. The first-order valence-corrected chi connectivity index (χ1v) is 9.80. The number of ether oxygens (including phenoxy) is 3. The van der Waals surface area contributed by atoms with Crippen LogP contribution in [-0.2, 0) is 20.8 Å². The van der Waals surface area contributed by atoms with Crippen molar-refractivity contribution in [1.29, 1.82) is 0 Å². The Labute approximate surface area is 161 Å². The predicted octanol–water partition coefficient (Wildman–Crippen LogP) is 2.31. The van der Waals surface area contributed by atoms with Gasteiger partial charge in [-0.1, -0.05) is 26.0 Å². The molecule has 1 aliphatic carbocycles. The molecule has 6 nitrogen and oxygen atoms in total. The summed E-state index contributed by atoms with van der Waals surface area (Å²) in [6.45, 7) is 10.3. The minimum absolute atomic E-state index is 0.0129. The number of carbonyl (C=O) groups is 1. The standard InChI is InChI=1S/C21H32N2O4/c1-5-26-18-11-21(22,20(18,3)4)19(24)23-12-15-7-6-14(2)10-17(15)27-16-8-9-25-13-16/h6-7,10,16,18H,5,8-9,11-13,22H2,1-4H3,(H,23,24). The molecule has 1 aromatic carbocycles. The number of nitrogens with two attached hydrogens (primary N) is 1. The lowest BCUT2D eigenvalue weighted by Gasteiger charge is -2.57. The Hall–Kier alpha value is -1.63. The molecule has 1 amide bonds. The average Bonchev–Trinajstić information content (AvgIpc) is 3.13. The summed E-state index contributed by atoms with van der Waals surface area (Å²) in [5.41, 5.74) is 7.21. The van der Waals surface area contributed by atoms with Gasteiger partial charge in [-0.3, -0.25) is 4.79 Å². The fourth-order valence-corrected chi connectivity index (χ4v) is 3.86. The van der Waals surface area contributed by atoms with Crippen LogP contribution in [0.25, 0.3) is 0 Å². The fraction of sp³-hybridized carbons (Fsp3) is 0.667. The molecule has 1 saturated carbocycles. The highest BCUT2D eigenvalue weighted by atomic mass is 16.5. The minimum atomic E-state index is -0.919. The summed E-state index contributed by atoms with van der Waals surface area (Å²) >= 11 is 0. The van der Waals surface area contributed by atoms with E-state index in [0.29, 0.717) is 26.2 Å². The molecule has 150 valence electrons. The molecule has 2 fully saturated rings. The first kappa shape index (κ1) is 20.1. The molecule has 1 heterocycles. The van der Waals surface area contributed by atoms with E-state index in [0.717, 1.165) is 29.9 Å². The van der Waals surface area contributed by atoms with E-state index in [1.165, 1.54) is 0 Å². The summed E-state index contributed by atoms with van der Waals surface area (Å²) in [6, 6.07) is 6.03. The van der Waals surface area contributed by atoms with Gasteiger partial charge < -0.3 is 25.3 Å². The summed E-state index contributed by atoms with van der Waals surface area (Å²) in [5, 5.41) is 3.01. The molecular weight excluding hydrogens is 344 g/mol. The lowest BCUT2D eigenvalue weighted by Crippen LogP contribution is -2.75. The van der Waals surface area contributed by atoms with Crippen molar-refractivity contribution in [3.05, 3.63) is 29.3 Å². The van der Waals surface area contributed by atoms with Crippen LogP contribution in [0.2, 0.25) is 0 Å². The second-order valence-corrected chi connectivity index (χ2v) is 8.24. The molecule has 1 saturated heterocycles. The molecule has 1 aromatic rings. The maximum Gasteiger partial charge on any atom is 0.241 e. The van der Waals surface area contributed by atoms with E-state index in [-0.39, 0.29) is 18.1 Å². The van der Waals surface area contributed by atoms with Gasteiger partial charge in [0, 0.05) is 37.0 Å². The first-order chi connectivity index (χ1) is 12.8. The number of benzene rings is 1. The van der Waals surface area contributed by atoms with Crippen LogP contribution in [0.1, 0.15) is 44.7 Å². The van der Waals surface area contributed by atoms with Gasteiger partial charge in [0.1, 0.15) is 17.4 Å². The lowest BCUT2D eigenvalue weighted by atomic mass is 9.54. The van der Waals surface area contributed by atoms with Crippen molar-refractivity contribution < 1.29 is 19.0 Å². The van der Waals surface area contributed by atoms with E-state index in [1.807, 2.05) is 45.9 Å². The normalized spacial score (nSPS) is 29.2. The van der Waals surface area contributed by atoms with Crippen molar-refractivity contribution in [2.24, 2.45) is 11.1 Å². The zero-order valence-electron chi connectivity index (χ0n) is 16.8. The number of amides is 1. The SMILES string of the molecule is CCOC1CC(N)(C(=O)NCc2ccc(C)cc2OC2CCOC2)C1(C)C. The van der Waals surface area contributed by atoms with Crippen molar-refractivity contribution in [2.75, 3.05) is 19.8 Å².